The summed E-state index contributed by atoms with van der Waals surface area (Å²) in [5.41, 5.74) is 1.76. The molecule has 0 saturated carbocycles. The quantitative estimate of drug-likeness (QED) is 0.133. The molecule has 0 spiro atoms. The minimum atomic E-state index is -0.228. The van der Waals surface area contributed by atoms with E-state index in [-0.39, 0.29) is 55.5 Å². The number of nitrogens with zero attached hydrogens (tertiary/aromatic N) is 7. The van der Waals surface area contributed by atoms with Crippen molar-refractivity contribution < 1.29 is 24.4 Å². The zero-order valence-electron chi connectivity index (χ0n) is 35.2. The van der Waals surface area contributed by atoms with Gasteiger partial charge < -0.3 is 29.5 Å². The Bertz CT molecular complexity index is 2450. The molecule has 18 heteroatoms. The predicted octanol–water partition coefficient (Wildman–Crippen LogP) is 6.65. The number of hydrogen-bond acceptors (Lipinski definition) is 11. The molecule has 4 aliphatic rings. The lowest BCUT2D eigenvalue weighted by Gasteiger charge is -2.39. The molecule has 2 aromatic carbocycles. The minimum absolute atomic E-state index is 0. The van der Waals surface area contributed by atoms with Crippen molar-refractivity contribution in [3.05, 3.63) is 122 Å². The Morgan fingerprint density at radius 2 is 1.25 bits per heavy atom. The molecule has 4 fully saturated rings. The number of H-pyrrole nitrogens is 2. The number of aromatic amines is 2. The van der Waals surface area contributed by atoms with Crippen molar-refractivity contribution in [1.82, 2.24) is 49.4 Å². The highest BCUT2D eigenvalue weighted by molar-refractivity contribution is 6.16. The fourth-order valence-corrected chi connectivity index (χ4v) is 7.79. The summed E-state index contributed by atoms with van der Waals surface area (Å²) in [7, 11) is 0. The van der Waals surface area contributed by atoms with E-state index in [0.717, 1.165) is 108 Å². The molecule has 10 rings (SSSR count). The summed E-state index contributed by atoms with van der Waals surface area (Å²) in [6.07, 6.45) is 8.00. The normalized spacial score (nSPS) is 17.2. The number of ether oxygens (including phenoxy) is 3. The van der Waals surface area contributed by atoms with Gasteiger partial charge >= 0.3 is 0 Å². The van der Waals surface area contributed by atoms with E-state index in [2.05, 4.69) is 40.3 Å². The molecule has 0 aliphatic carbocycles. The first kappa shape index (κ1) is 47.4. The summed E-state index contributed by atoms with van der Waals surface area (Å²) >= 11 is 5.72. The number of aromatic nitrogens is 8. The van der Waals surface area contributed by atoms with Gasteiger partial charge in [-0.15, -0.1) is 11.6 Å². The number of imidazole rings is 2. The highest BCUT2D eigenvalue weighted by Gasteiger charge is 2.28. The smallest absolute Gasteiger partial charge is 0.276 e. The molecule has 0 atom stereocenters. The fraction of sp³-hybridized carbons (Fsp3) is 0.511. The van der Waals surface area contributed by atoms with Crippen LogP contribution in [0.25, 0.3) is 11.0 Å². The Balaban J connectivity index is 0.000000188. The van der Waals surface area contributed by atoms with Gasteiger partial charge in [0.15, 0.2) is 11.0 Å². The topological polar surface area (TPSA) is 169 Å². The van der Waals surface area contributed by atoms with Gasteiger partial charge in [-0.05, 0) is 80.0 Å². The molecular formula is C45H61ClF2N10O5. The number of fused-ring (bicyclic) bond motifs is 2. The first-order valence-corrected chi connectivity index (χ1v) is 21.3. The van der Waals surface area contributed by atoms with Crippen molar-refractivity contribution in [1.29, 1.82) is 0 Å². The Morgan fingerprint density at radius 1 is 0.778 bits per heavy atom. The standard InChI is InChI=1S/C21H24FN5O2.C11H13ClN4O2.C9H10FNO.C2H6.2CH4/c22-17-3-1-14(2-4-17)9-15-11-26(12-15)13-19-24-21(28)18-10-23-20(27(18)25-19)16-5-7-29-8-6-16;12-5-9-14-11(17)8-6-13-10(16(8)15-9)7-1-3-18-4-2-7;10-7-1-3-8(4-2-7)12-9-5-11-6-9;1-2;;/h1-4,10,15-16H,5-9,11-13H2,(H,24,25,28);6-7H,1-5H2,(H,14,15,17);1-4,9,11H,5-6H2;1-2H3;2*1H4/i;;;1D;;. The van der Waals surface area contributed by atoms with Crippen LogP contribution in [0.1, 0.15) is 96.4 Å². The molecule has 6 aromatic rings. The molecule has 4 saturated heterocycles. The van der Waals surface area contributed by atoms with Gasteiger partial charge in [-0.3, -0.25) is 14.5 Å². The number of likely N-dealkylation sites (tertiary alicyclic amines) is 1. The van der Waals surface area contributed by atoms with Gasteiger partial charge in [-0.25, -0.2) is 27.8 Å². The van der Waals surface area contributed by atoms with Crippen LogP contribution in [0, 0.1) is 17.6 Å². The van der Waals surface area contributed by atoms with E-state index in [0.29, 0.717) is 48.0 Å². The molecule has 0 bridgehead atoms. The molecule has 3 N–H and O–H groups in total. The fourth-order valence-electron chi connectivity index (χ4n) is 7.67. The van der Waals surface area contributed by atoms with Crippen molar-refractivity contribution >= 4 is 22.6 Å². The monoisotopic (exact) mass is 895 g/mol. The van der Waals surface area contributed by atoms with Crippen molar-refractivity contribution in [3.8, 4) is 5.75 Å². The highest BCUT2D eigenvalue weighted by Crippen LogP contribution is 2.27. The number of halogens is 3. The molecule has 342 valence electrons. The number of rotatable bonds is 9. The summed E-state index contributed by atoms with van der Waals surface area (Å²) in [6.45, 7) is 9.45. The van der Waals surface area contributed by atoms with E-state index in [1.165, 1.54) is 24.3 Å². The van der Waals surface area contributed by atoms with Crippen LogP contribution in [-0.2, 0) is 28.3 Å². The number of benzene rings is 2. The lowest BCUT2D eigenvalue weighted by atomic mass is 9.92. The molecule has 0 unspecified atom stereocenters. The molecule has 0 radical (unpaired) electrons. The maximum Gasteiger partial charge on any atom is 0.276 e. The number of hydrogen-bond donors (Lipinski definition) is 3. The van der Waals surface area contributed by atoms with E-state index < -0.39 is 0 Å². The van der Waals surface area contributed by atoms with E-state index in [9.17, 15) is 18.4 Å². The SMILES string of the molecule is C.C.Fc1ccc(OC2CNC2)cc1.O=c1[nH]c(CCl)nn2c(C3CCOCC3)ncc12.O=c1[nH]c(CN2CC(Cc3ccc(F)cc3)C2)nn2c(C3CCOCC3)ncc12.[2H]CC. The average Bonchev–Trinajstić information content (AvgIpc) is 3.90. The maximum absolute atomic E-state index is 13.0. The van der Waals surface area contributed by atoms with Crippen molar-refractivity contribution in [2.75, 3.05) is 52.6 Å². The second-order valence-electron chi connectivity index (χ2n) is 15.3. The van der Waals surface area contributed by atoms with Crippen LogP contribution in [0.3, 0.4) is 0 Å². The third kappa shape index (κ3) is 12.6. The summed E-state index contributed by atoms with van der Waals surface area (Å²) in [4.78, 5) is 40.9. The first-order valence-electron chi connectivity index (χ1n) is 21.5. The van der Waals surface area contributed by atoms with Gasteiger partial charge in [0.1, 0.15) is 46.8 Å². The lowest BCUT2D eigenvalue weighted by molar-refractivity contribution is 0.0828. The predicted molar refractivity (Wildman–Crippen MR) is 240 cm³/mol. The minimum Gasteiger partial charge on any atom is -0.488 e. The maximum atomic E-state index is 13.0. The van der Waals surface area contributed by atoms with Crippen LogP contribution in [-0.4, -0.2) is 103 Å². The lowest BCUT2D eigenvalue weighted by Crippen LogP contribution is -2.50. The highest BCUT2D eigenvalue weighted by atomic mass is 35.5. The zero-order chi connectivity index (χ0) is 43.4. The third-order valence-electron chi connectivity index (χ3n) is 11.0. The van der Waals surface area contributed by atoms with Crippen molar-refractivity contribution in [2.45, 2.75) is 91.1 Å². The van der Waals surface area contributed by atoms with Crippen LogP contribution < -0.4 is 21.2 Å². The molecule has 15 nitrogen and oxygen atoms in total. The van der Waals surface area contributed by atoms with Crippen LogP contribution in [0.4, 0.5) is 8.78 Å². The van der Waals surface area contributed by atoms with Gasteiger partial charge in [-0.2, -0.15) is 10.2 Å². The molecule has 63 heavy (non-hydrogen) atoms. The summed E-state index contributed by atoms with van der Waals surface area (Å²) in [5.74, 6) is 4.40. The van der Waals surface area contributed by atoms with Crippen LogP contribution in [0.2, 0.25) is 0 Å². The van der Waals surface area contributed by atoms with Crippen LogP contribution in [0.5, 0.6) is 5.75 Å². The van der Waals surface area contributed by atoms with E-state index in [4.69, 9.17) is 27.2 Å². The van der Waals surface area contributed by atoms with Gasteiger partial charge in [-0.1, -0.05) is 40.8 Å². The van der Waals surface area contributed by atoms with Crippen molar-refractivity contribution in [3.63, 3.8) is 0 Å². The van der Waals surface area contributed by atoms with Gasteiger partial charge in [0.05, 0.1) is 24.8 Å². The zero-order valence-corrected chi connectivity index (χ0v) is 35.0. The van der Waals surface area contributed by atoms with Gasteiger partial charge in [0.2, 0.25) is 0 Å². The van der Waals surface area contributed by atoms with E-state index in [1.54, 1.807) is 40.5 Å². The second kappa shape index (κ2) is 23.6. The molecule has 8 heterocycles. The Labute approximate surface area is 373 Å². The van der Waals surface area contributed by atoms with Gasteiger partial charge in [0.25, 0.3) is 11.1 Å². The summed E-state index contributed by atoms with van der Waals surface area (Å²) < 4.78 is 51.3. The molecule has 4 aliphatic heterocycles. The molecule has 0 amide bonds. The van der Waals surface area contributed by atoms with E-state index in [1.807, 2.05) is 12.1 Å². The Kier molecular flexibility index (Phi) is 17.7. The third-order valence-corrected chi connectivity index (χ3v) is 11.2. The first-order chi connectivity index (χ1) is 30.2. The molecule has 4 aromatic heterocycles. The van der Waals surface area contributed by atoms with Crippen LogP contribution >= 0.6 is 11.6 Å². The second-order valence-corrected chi connectivity index (χ2v) is 15.5. The largest absolute Gasteiger partial charge is 0.488 e. The Morgan fingerprint density at radius 3 is 1.73 bits per heavy atom. The summed E-state index contributed by atoms with van der Waals surface area (Å²) in [5, 5.41) is 12.1. The average molecular weight is 897 g/mol. The number of nitrogens with one attached hydrogen (secondary N) is 3. The number of alkyl halides is 1. The van der Waals surface area contributed by atoms with Crippen molar-refractivity contribution in [2.24, 2.45) is 5.92 Å². The van der Waals surface area contributed by atoms with E-state index >= 15 is 0 Å². The molecular weight excluding hydrogens is 834 g/mol. The van der Waals surface area contributed by atoms with Gasteiger partial charge in [0, 0.05) is 65.8 Å². The van der Waals surface area contributed by atoms with Crippen LogP contribution in [0.15, 0.2) is 70.5 Å². The summed E-state index contributed by atoms with van der Waals surface area (Å²) in [6, 6.07) is 12.8. The Hall–Kier alpha value is -5.07.